The van der Waals surface area contributed by atoms with Crippen molar-refractivity contribution >= 4 is 15.9 Å². The summed E-state index contributed by atoms with van der Waals surface area (Å²) in [4.78, 5) is 0.183. The van der Waals surface area contributed by atoms with Gasteiger partial charge in [-0.2, -0.15) is 0 Å². The maximum Gasteiger partial charge on any atom is 0.264 e. The van der Waals surface area contributed by atoms with E-state index in [1.54, 1.807) is 44.4 Å². The molecule has 8 heteroatoms. The quantitative estimate of drug-likeness (QED) is 0.691. The van der Waals surface area contributed by atoms with E-state index in [4.69, 9.17) is 14.0 Å². The molecule has 1 heterocycles. The summed E-state index contributed by atoms with van der Waals surface area (Å²) in [7, 11) is -0.760. The van der Waals surface area contributed by atoms with Gasteiger partial charge in [0.05, 0.1) is 30.9 Å². The molecule has 0 spiro atoms. The Morgan fingerprint density at radius 2 is 1.74 bits per heavy atom. The van der Waals surface area contributed by atoms with Gasteiger partial charge < -0.3 is 14.0 Å². The van der Waals surface area contributed by atoms with Crippen LogP contribution >= 0.6 is 0 Å². The average Bonchev–Trinajstić information content (AvgIpc) is 3.08. The molecule has 1 aromatic heterocycles. The van der Waals surface area contributed by atoms with Crippen molar-refractivity contribution in [3.8, 4) is 22.6 Å². The standard InChI is InChI=1S/C19H20N2O5S/c1-12-5-8-18(13(2)9-12)27(22,23)21-19-15(11-20-26-19)14-6-7-16(24-3)17(10-14)25-4/h5-11,21H,1-4H3. The number of nitrogens with one attached hydrogen (secondary N) is 1. The number of nitrogens with zero attached hydrogens (tertiary/aromatic N) is 1. The van der Waals surface area contributed by atoms with Crippen molar-refractivity contribution < 1.29 is 22.4 Å². The molecule has 0 atom stereocenters. The summed E-state index contributed by atoms with van der Waals surface area (Å²) >= 11 is 0. The molecule has 27 heavy (non-hydrogen) atoms. The van der Waals surface area contributed by atoms with Crippen molar-refractivity contribution in [3.05, 3.63) is 53.7 Å². The molecule has 0 saturated heterocycles. The number of anilines is 1. The second-order valence-corrected chi connectivity index (χ2v) is 7.66. The van der Waals surface area contributed by atoms with E-state index in [2.05, 4.69) is 9.88 Å². The minimum Gasteiger partial charge on any atom is -0.493 e. The zero-order chi connectivity index (χ0) is 19.6. The van der Waals surface area contributed by atoms with Gasteiger partial charge in [-0.1, -0.05) is 28.9 Å². The first-order valence-corrected chi connectivity index (χ1v) is 9.61. The molecule has 0 fully saturated rings. The van der Waals surface area contributed by atoms with Crippen molar-refractivity contribution in [2.75, 3.05) is 18.9 Å². The molecular weight excluding hydrogens is 368 g/mol. The number of ether oxygens (including phenoxy) is 2. The van der Waals surface area contributed by atoms with Crippen LogP contribution in [-0.4, -0.2) is 27.8 Å². The van der Waals surface area contributed by atoms with Crippen molar-refractivity contribution in [2.24, 2.45) is 0 Å². The molecule has 0 aliphatic rings. The Kier molecular flexibility index (Phi) is 5.09. The summed E-state index contributed by atoms with van der Waals surface area (Å²) in [5, 5.41) is 3.74. The Hall–Kier alpha value is -3.00. The molecule has 7 nitrogen and oxygen atoms in total. The minimum atomic E-state index is -3.83. The molecule has 0 aliphatic carbocycles. The van der Waals surface area contributed by atoms with E-state index in [9.17, 15) is 8.42 Å². The lowest BCUT2D eigenvalue weighted by Gasteiger charge is -2.11. The third-order valence-corrected chi connectivity index (χ3v) is 5.60. The Balaban J connectivity index is 1.98. The van der Waals surface area contributed by atoms with Gasteiger partial charge in [0.15, 0.2) is 11.5 Å². The molecule has 0 amide bonds. The average molecular weight is 388 g/mol. The van der Waals surface area contributed by atoms with Crippen LogP contribution in [0.4, 0.5) is 5.88 Å². The van der Waals surface area contributed by atoms with Gasteiger partial charge in [0, 0.05) is 0 Å². The Labute approximate surface area is 158 Å². The van der Waals surface area contributed by atoms with Gasteiger partial charge in [-0.15, -0.1) is 0 Å². The van der Waals surface area contributed by atoms with Crippen LogP contribution in [0.25, 0.3) is 11.1 Å². The van der Waals surface area contributed by atoms with Crippen LogP contribution in [0.15, 0.2) is 52.0 Å². The van der Waals surface area contributed by atoms with Gasteiger partial charge >= 0.3 is 0 Å². The second-order valence-electron chi connectivity index (χ2n) is 6.01. The van der Waals surface area contributed by atoms with Crippen LogP contribution in [0.3, 0.4) is 0 Å². The molecule has 0 saturated carbocycles. The Morgan fingerprint density at radius 3 is 2.41 bits per heavy atom. The molecule has 1 N–H and O–H groups in total. The van der Waals surface area contributed by atoms with E-state index in [0.717, 1.165) is 5.56 Å². The summed E-state index contributed by atoms with van der Waals surface area (Å²) in [6, 6.07) is 10.3. The van der Waals surface area contributed by atoms with E-state index >= 15 is 0 Å². The van der Waals surface area contributed by atoms with Crippen LogP contribution < -0.4 is 14.2 Å². The number of aryl methyl sites for hydroxylation is 2. The lowest BCUT2D eigenvalue weighted by Crippen LogP contribution is -2.14. The Bertz CT molecular complexity index is 1070. The van der Waals surface area contributed by atoms with Crippen molar-refractivity contribution in [3.63, 3.8) is 0 Å². The highest BCUT2D eigenvalue weighted by Gasteiger charge is 2.22. The van der Waals surface area contributed by atoms with Gasteiger partial charge in [0.1, 0.15) is 0 Å². The van der Waals surface area contributed by atoms with Crippen molar-refractivity contribution in [1.82, 2.24) is 5.16 Å². The first-order valence-electron chi connectivity index (χ1n) is 8.13. The number of benzene rings is 2. The monoisotopic (exact) mass is 388 g/mol. The molecule has 0 aliphatic heterocycles. The third-order valence-electron chi connectivity index (χ3n) is 4.11. The fourth-order valence-electron chi connectivity index (χ4n) is 2.80. The minimum absolute atomic E-state index is 0.0298. The summed E-state index contributed by atoms with van der Waals surface area (Å²) < 4.78 is 43.7. The van der Waals surface area contributed by atoms with Crippen LogP contribution in [0.1, 0.15) is 11.1 Å². The highest BCUT2D eigenvalue weighted by atomic mass is 32.2. The molecule has 2 aromatic carbocycles. The normalized spacial score (nSPS) is 11.3. The van der Waals surface area contributed by atoms with Gasteiger partial charge in [0.2, 0.25) is 5.88 Å². The number of methoxy groups -OCH3 is 2. The van der Waals surface area contributed by atoms with Crippen molar-refractivity contribution in [1.29, 1.82) is 0 Å². The number of aromatic nitrogens is 1. The first kappa shape index (κ1) is 18.8. The van der Waals surface area contributed by atoms with Gasteiger partial charge in [-0.25, -0.2) is 13.1 Å². The predicted molar refractivity (Wildman–Crippen MR) is 102 cm³/mol. The van der Waals surface area contributed by atoms with E-state index in [1.807, 2.05) is 13.0 Å². The van der Waals surface area contributed by atoms with E-state index < -0.39 is 10.0 Å². The summed E-state index contributed by atoms with van der Waals surface area (Å²) in [5.74, 6) is 1.11. The second kappa shape index (κ2) is 7.32. The van der Waals surface area contributed by atoms with Gasteiger partial charge in [0.25, 0.3) is 10.0 Å². The fraction of sp³-hybridized carbons (Fsp3) is 0.211. The fourth-order valence-corrected chi connectivity index (χ4v) is 4.03. The smallest absolute Gasteiger partial charge is 0.264 e. The lowest BCUT2D eigenvalue weighted by molar-refractivity contribution is 0.355. The predicted octanol–water partition coefficient (Wildman–Crippen LogP) is 3.78. The molecule has 3 rings (SSSR count). The molecule has 0 radical (unpaired) electrons. The van der Waals surface area contributed by atoms with Gasteiger partial charge in [-0.05, 0) is 43.2 Å². The molecular formula is C19H20N2O5S. The van der Waals surface area contributed by atoms with E-state index in [1.165, 1.54) is 13.3 Å². The zero-order valence-electron chi connectivity index (χ0n) is 15.4. The number of rotatable bonds is 6. The molecule has 142 valence electrons. The topological polar surface area (TPSA) is 90.7 Å². The first-order chi connectivity index (χ1) is 12.9. The lowest BCUT2D eigenvalue weighted by atomic mass is 10.1. The van der Waals surface area contributed by atoms with Crippen LogP contribution in [0.2, 0.25) is 0 Å². The number of sulfonamides is 1. The zero-order valence-corrected chi connectivity index (χ0v) is 16.3. The van der Waals surface area contributed by atoms with Crippen LogP contribution in [0, 0.1) is 13.8 Å². The molecule has 3 aromatic rings. The van der Waals surface area contributed by atoms with Crippen molar-refractivity contribution in [2.45, 2.75) is 18.7 Å². The molecule has 0 bridgehead atoms. The van der Waals surface area contributed by atoms with E-state index in [-0.39, 0.29) is 10.8 Å². The van der Waals surface area contributed by atoms with E-state index in [0.29, 0.717) is 28.2 Å². The SMILES string of the molecule is COc1ccc(-c2cnoc2NS(=O)(=O)c2ccc(C)cc2C)cc1OC. The summed E-state index contributed by atoms with van der Waals surface area (Å²) in [6.45, 7) is 3.65. The number of hydrogen-bond donors (Lipinski definition) is 1. The van der Waals surface area contributed by atoms with Crippen LogP contribution in [-0.2, 0) is 10.0 Å². The maximum atomic E-state index is 12.8. The summed E-state index contributed by atoms with van der Waals surface area (Å²) in [6.07, 6.45) is 1.45. The van der Waals surface area contributed by atoms with Crippen LogP contribution in [0.5, 0.6) is 11.5 Å². The highest BCUT2D eigenvalue weighted by Crippen LogP contribution is 2.36. The largest absolute Gasteiger partial charge is 0.493 e. The highest BCUT2D eigenvalue weighted by molar-refractivity contribution is 7.92. The van der Waals surface area contributed by atoms with Gasteiger partial charge in [-0.3, -0.25) is 0 Å². The number of hydrogen-bond acceptors (Lipinski definition) is 6. The maximum absolute atomic E-state index is 12.8. The third kappa shape index (κ3) is 3.75. The Morgan fingerprint density at radius 1 is 1.00 bits per heavy atom. The summed E-state index contributed by atoms with van der Waals surface area (Å²) in [5.41, 5.74) is 2.79. The molecule has 0 unspecified atom stereocenters.